The van der Waals surface area contributed by atoms with E-state index in [9.17, 15) is 0 Å². The zero-order valence-electron chi connectivity index (χ0n) is 55.0. The van der Waals surface area contributed by atoms with Gasteiger partial charge >= 0.3 is 0 Å². The van der Waals surface area contributed by atoms with Gasteiger partial charge in [0.1, 0.15) is 11.5 Å². The van der Waals surface area contributed by atoms with Gasteiger partial charge in [-0.2, -0.15) is 0 Å². The van der Waals surface area contributed by atoms with Crippen LogP contribution in [-0.2, 0) is 32.5 Å². The van der Waals surface area contributed by atoms with Crippen LogP contribution in [0.5, 0.6) is 11.5 Å². The van der Waals surface area contributed by atoms with E-state index in [2.05, 4.69) is 279 Å². The van der Waals surface area contributed by atoms with Crippen molar-refractivity contribution in [1.29, 1.82) is 0 Å². The molecule has 0 heterocycles. The molecule has 0 N–H and O–H groups in total. The highest BCUT2D eigenvalue weighted by Gasteiger charge is 2.44. The van der Waals surface area contributed by atoms with E-state index in [0.29, 0.717) is 0 Å². The van der Waals surface area contributed by atoms with Gasteiger partial charge < -0.3 is 9.47 Å². The third kappa shape index (κ3) is 8.54. The van der Waals surface area contributed by atoms with Crippen molar-refractivity contribution in [3.05, 3.63) is 238 Å². The van der Waals surface area contributed by atoms with E-state index in [1.807, 2.05) is 0 Å². The third-order valence-electron chi connectivity index (χ3n) is 22.2. The van der Waals surface area contributed by atoms with Crippen LogP contribution in [0.2, 0.25) is 0 Å². The van der Waals surface area contributed by atoms with Crippen LogP contribution < -0.4 is 9.47 Å². The first-order valence-corrected chi connectivity index (χ1v) is 32.6. The molecule has 4 aliphatic rings. The van der Waals surface area contributed by atoms with Crippen molar-refractivity contribution in [2.75, 3.05) is 14.2 Å². The number of fused-ring (bicyclic) bond motifs is 12. The predicted molar refractivity (Wildman–Crippen MR) is 373 cm³/mol. The molecule has 88 heavy (non-hydrogen) atoms. The predicted octanol–water partition coefficient (Wildman–Crippen LogP) is 23.4. The summed E-state index contributed by atoms with van der Waals surface area (Å²) in [6, 6.07) is 72.0. The molecule has 10 aromatic carbocycles. The minimum atomic E-state index is -0.221. The topological polar surface area (TPSA) is 18.5 Å². The molecule has 2 nitrogen and oxygen atoms in total. The van der Waals surface area contributed by atoms with Gasteiger partial charge in [0.05, 0.1) is 14.2 Å². The second kappa shape index (κ2) is 20.2. The normalized spacial score (nSPS) is 15.6. The van der Waals surface area contributed by atoms with E-state index in [4.69, 9.17) is 9.47 Å². The quantitative estimate of drug-likeness (QED) is 0.128. The number of methoxy groups -OCH3 is 2. The Hall–Kier alpha value is -8.20. The van der Waals surface area contributed by atoms with Crippen LogP contribution in [0.15, 0.2) is 182 Å². The Labute approximate surface area is 525 Å². The summed E-state index contributed by atoms with van der Waals surface area (Å²) in [4.78, 5) is 0. The molecule has 4 aliphatic carbocycles. The molecule has 0 bridgehead atoms. The maximum Gasteiger partial charge on any atom is 0.119 e. The summed E-state index contributed by atoms with van der Waals surface area (Å²) >= 11 is 0. The van der Waals surface area contributed by atoms with Gasteiger partial charge in [-0.25, -0.2) is 0 Å². The summed E-state index contributed by atoms with van der Waals surface area (Å²) in [5.74, 6) is 1.79. The summed E-state index contributed by atoms with van der Waals surface area (Å²) in [5.41, 5.74) is 36.2. The Bertz CT molecular complexity index is 4240. The first-order chi connectivity index (χ1) is 42.0. The Kier molecular flexibility index (Phi) is 13.2. The molecule has 0 spiro atoms. The molecule has 0 radical (unpaired) electrons. The van der Waals surface area contributed by atoms with Crippen LogP contribution in [0.3, 0.4) is 0 Å². The van der Waals surface area contributed by atoms with Crippen LogP contribution in [0, 0.1) is 0 Å². The minimum absolute atomic E-state index is 0.0503. The fourth-order valence-corrected chi connectivity index (χ4v) is 16.6. The molecule has 10 aromatic rings. The molecule has 0 aromatic heterocycles. The average molecular weight is 1150 g/mol. The van der Waals surface area contributed by atoms with Gasteiger partial charge in [-0.3, -0.25) is 0 Å². The molecule has 0 fully saturated rings. The molecule has 0 saturated heterocycles. The van der Waals surface area contributed by atoms with Crippen LogP contribution >= 0.6 is 0 Å². The van der Waals surface area contributed by atoms with Gasteiger partial charge in [0, 0.05) is 21.7 Å². The molecule has 2 heteroatoms. The van der Waals surface area contributed by atoms with Crippen molar-refractivity contribution in [1.82, 2.24) is 0 Å². The lowest BCUT2D eigenvalue weighted by atomic mass is 9.72. The van der Waals surface area contributed by atoms with E-state index in [-0.39, 0.29) is 32.5 Å². The lowest BCUT2D eigenvalue weighted by molar-refractivity contribution is 0.413. The zero-order chi connectivity index (χ0) is 61.8. The number of hydrogen-bond acceptors (Lipinski definition) is 2. The van der Waals surface area contributed by atoms with Gasteiger partial charge in [-0.15, -0.1) is 0 Å². The molecule has 0 saturated carbocycles. The summed E-state index contributed by atoms with van der Waals surface area (Å²) in [5, 5.41) is 0. The van der Waals surface area contributed by atoms with Crippen molar-refractivity contribution in [2.45, 2.75) is 155 Å². The van der Waals surface area contributed by atoms with Crippen LogP contribution in [-0.4, -0.2) is 14.2 Å². The van der Waals surface area contributed by atoms with E-state index in [1.54, 1.807) is 14.2 Å². The van der Waals surface area contributed by atoms with Crippen molar-refractivity contribution in [3.63, 3.8) is 0 Å². The summed E-state index contributed by atoms with van der Waals surface area (Å²) < 4.78 is 11.6. The fourth-order valence-electron chi connectivity index (χ4n) is 16.6. The SMILES string of the molecule is CCC1(CC)c2cc(-c3cc(-c4cc(-c5ccc6c(c5)C(C)(C)c5cc(OC)ccc5-6)cc(-c5ccc6c(c5)C(CC)(CC)c5cc(C(C)(C)C)ccc5-6)c4)cc(-c4ccc5c(c4)C(C)(C)c4cc(OC)ccc4-5)c3)ccc2-c2ccc(C(C)(C)C)cc21. The van der Waals surface area contributed by atoms with E-state index >= 15 is 0 Å². The van der Waals surface area contributed by atoms with Crippen molar-refractivity contribution < 1.29 is 9.47 Å². The van der Waals surface area contributed by atoms with Crippen molar-refractivity contribution in [3.8, 4) is 112 Å². The van der Waals surface area contributed by atoms with Gasteiger partial charge in [-0.05, 0) is 277 Å². The first kappa shape index (κ1) is 57.5. The van der Waals surface area contributed by atoms with Gasteiger partial charge in [0.25, 0.3) is 0 Å². The Morgan fingerprint density at radius 3 is 0.761 bits per heavy atom. The van der Waals surface area contributed by atoms with Gasteiger partial charge in [0.15, 0.2) is 0 Å². The molecule has 14 rings (SSSR count). The lowest BCUT2D eigenvalue weighted by Gasteiger charge is -2.31. The summed E-state index contributed by atoms with van der Waals surface area (Å²) in [6.07, 6.45) is 4.13. The molecule has 442 valence electrons. The smallest absolute Gasteiger partial charge is 0.119 e. The van der Waals surface area contributed by atoms with Gasteiger partial charge in [0.2, 0.25) is 0 Å². The van der Waals surface area contributed by atoms with Crippen molar-refractivity contribution in [2.24, 2.45) is 0 Å². The number of hydrogen-bond donors (Lipinski definition) is 0. The maximum absolute atomic E-state index is 5.81. The molecular formula is C86H86O2. The molecule has 0 amide bonds. The third-order valence-corrected chi connectivity index (χ3v) is 22.2. The minimum Gasteiger partial charge on any atom is -0.497 e. The molecule has 0 atom stereocenters. The van der Waals surface area contributed by atoms with Crippen molar-refractivity contribution >= 4 is 0 Å². The first-order valence-electron chi connectivity index (χ1n) is 32.6. The number of rotatable bonds is 11. The highest BCUT2D eigenvalue weighted by atomic mass is 16.5. The highest BCUT2D eigenvalue weighted by Crippen LogP contribution is 2.58. The molecule has 0 aliphatic heterocycles. The highest BCUT2D eigenvalue weighted by molar-refractivity contribution is 5.93. The largest absolute Gasteiger partial charge is 0.497 e. The van der Waals surface area contributed by atoms with Gasteiger partial charge in [-0.1, -0.05) is 194 Å². The van der Waals surface area contributed by atoms with Crippen LogP contribution in [0.4, 0.5) is 0 Å². The van der Waals surface area contributed by atoms with E-state index in [1.165, 1.54) is 156 Å². The maximum atomic E-state index is 5.81. The average Bonchev–Trinajstić information content (AvgIpc) is 1.86. The lowest BCUT2D eigenvalue weighted by Crippen LogP contribution is -2.24. The second-order valence-corrected chi connectivity index (χ2v) is 29.3. The standard InChI is InChI=1S/C86H86O2/c1-17-85(18-2)77-45-53(23-31-69(77)71-33-25-61(47-79(71)85)81(5,6)7)57-37-55(51-21-29-65-67-35-27-63(87-15)49-75(67)83(11,12)73(65)43-51)39-59(41-57)60-40-56(52-22-30-66-68-36-28-64(88-16)50-76(68)84(13,14)74(66)44-52)38-58(42-60)54-24-32-70-72-34-26-62(82(8,9)10)48-80(72)86(19-3,20-4)78(70)46-54/h21-50H,17-20H2,1-16H3. The van der Waals surface area contributed by atoms with E-state index < -0.39 is 0 Å². The summed E-state index contributed by atoms with van der Waals surface area (Å²) in [6.45, 7) is 33.1. The van der Waals surface area contributed by atoms with Crippen LogP contribution in [0.25, 0.3) is 100 Å². The Morgan fingerprint density at radius 1 is 0.261 bits per heavy atom. The molecular weight excluding hydrogens is 1060 g/mol. The monoisotopic (exact) mass is 1150 g/mol. The Morgan fingerprint density at radius 2 is 0.489 bits per heavy atom. The van der Waals surface area contributed by atoms with E-state index in [0.717, 1.165) is 37.2 Å². The Balaban J connectivity index is 0.989. The summed E-state index contributed by atoms with van der Waals surface area (Å²) in [7, 11) is 3.54. The fraction of sp³-hybridized carbons (Fsp3) is 0.302. The second-order valence-electron chi connectivity index (χ2n) is 29.3. The van der Waals surface area contributed by atoms with Crippen LogP contribution in [0.1, 0.15) is 178 Å². The molecule has 0 unspecified atom stereocenters. The number of benzene rings is 10. The zero-order valence-corrected chi connectivity index (χ0v) is 55.0. The number of ether oxygens (including phenoxy) is 2.